The molecule has 110 valence electrons. The lowest BCUT2D eigenvalue weighted by Crippen LogP contribution is -2.54. The van der Waals surface area contributed by atoms with Gasteiger partial charge in [-0.25, -0.2) is 0 Å². The number of hydrogen-bond donors (Lipinski definition) is 2. The number of rotatable bonds is 4. The average Bonchev–Trinajstić information content (AvgIpc) is 2.40. The lowest BCUT2D eigenvalue weighted by Gasteiger charge is -2.39. The third-order valence-electron chi connectivity index (χ3n) is 4.44. The summed E-state index contributed by atoms with van der Waals surface area (Å²) in [6, 6.07) is 0.300. The van der Waals surface area contributed by atoms with Crippen LogP contribution in [0.2, 0.25) is 0 Å². The normalized spacial score (nSPS) is 30.8. The molecule has 2 saturated heterocycles. The van der Waals surface area contributed by atoms with Crippen molar-refractivity contribution >= 4 is 5.91 Å². The Balaban J connectivity index is 1.71. The molecule has 0 aliphatic carbocycles. The lowest BCUT2D eigenvalue weighted by molar-refractivity contribution is -0.123. The van der Waals surface area contributed by atoms with Gasteiger partial charge in [-0.3, -0.25) is 4.79 Å². The van der Waals surface area contributed by atoms with Crippen LogP contribution in [0.1, 0.15) is 52.4 Å². The molecule has 4 nitrogen and oxygen atoms in total. The van der Waals surface area contributed by atoms with Crippen LogP contribution in [0, 0.1) is 5.41 Å². The molecule has 0 saturated carbocycles. The highest BCUT2D eigenvalue weighted by atomic mass is 16.5. The van der Waals surface area contributed by atoms with Gasteiger partial charge in [-0.05, 0) is 44.1 Å². The second-order valence-corrected chi connectivity index (χ2v) is 6.60. The molecule has 2 aliphatic heterocycles. The van der Waals surface area contributed by atoms with Gasteiger partial charge in [-0.2, -0.15) is 0 Å². The first-order chi connectivity index (χ1) is 9.08. The molecule has 2 rings (SSSR count). The summed E-state index contributed by atoms with van der Waals surface area (Å²) >= 11 is 0. The van der Waals surface area contributed by atoms with Crippen LogP contribution in [0.15, 0.2) is 0 Å². The summed E-state index contributed by atoms with van der Waals surface area (Å²) in [6.45, 7) is 7.28. The predicted molar refractivity (Wildman–Crippen MR) is 76.0 cm³/mol. The number of piperidine rings is 1. The molecule has 2 atom stereocenters. The van der Waals surface area contributed by atoms with Crippen molar-refractivity contribution in [1.29, 1.82) is 0 Å². The number of carbonyl (C=O) groups is 1. The van der Waals surface area contributed by atoms with Crippen molar-refractivity contribution in [2.75, 3.05) is 19.7 Å². The Labute approximate surface area is 116 Å². The van der Waals surface area contributed by atoms with E-state index in [-0.39, 0.29) is 11.3 Å². The average molecular weight is 268 g/mol. The van der Waals surface area contributed by atoms with Gasteiger partial charge in [-0.15, -0.1) is 0 Å². The SMILES string of the molecule is CC1(C)CNCCC1NC(=O)CCC1CCCCO1. The van der Waals surface area contributed by atoms with E-state index < -0.39 is 0 Å². The molecular formula is C15H28N2O2. The summed E-state index contributed by atoms with van der Waals surface area (Å²) in [5, 5.41) is 6.60. The standard InChI is InChI=1S/C15H28N2O2/c1-15(2)11-16-9-8-13(15)17-14(18)7-6-12-5-3-4-10-19-12/h12-13,16H,3-11H2,1-2H3,(H,17,18). The maximum atomic E-state index is 12.1. The van der Waals surface area contributed by atoms with E-state index in [1.165, 1.54) is 12.8 Å². The van der Waals surface area contributed by atoms with E-state index >= 15 is 0 Å². The molecule has 4 heteroatoms. The van der Waals surface area contributed by atoms with E-state index in [4.69, 9.17) is 4.74 Å². The summed E-state index contributed by atoms with van der Waals surface area (Å²) in [5.74, 6) is 0.189. The minimum atomic E-state index is 0.148. The first kappa shape index (κ1) is 14.8. The van der Waals surface area contributed by atoms with Gasteiger partial charge in [0.25, 0.3) is 0 Å². The molecule has 0 aromatic carbocycles. The van der Waals surface area contributed by atoms with Gasteiger partial charge in [0.15, 0.2) is 0 Å². The molecule has 0 spiro atoms. The fraction of sp³-hybridized carbons (Fsp3) is 0.933. The van der Waals surface area contributed by atoms with Crippen molar-refractivity contribution in [3.05, 3.63) is 0 Å². The maximum Gasteiger partial charge on any atom is 0.220 e. The zero-order chi connectivity index (χ0) is 13.7. The monoisotopic (exact) mass is 268 g/mol. The van der Waals surface area contributed by atoms with Gasteiger partial charge in [0, 0.05) is 25.6 Å². The first-order valence-electron chi connectivity index (χ1n) is 7.69. The number of carbonyl (C=O) groups excluding carboxylic acids is 1. The minimum absolute atomic E-state index is 0.148. The third-order valence-corrected chi connectivity index (χ3v) is 4.44. The van der Waals surface area contributed by atoms with Gasteiger partial charge >= 0.3 is 0 Å². The summed E-state index contributed by atoms with van der Waals surface area (Å²) in [5.41, 5.74) is 0.148. The lowest BCUT2D eigenvalue weighted by atomic mass is 9.80. The fourth-order valence-electron chi connectivity index (χ4n) is 3.03. The smallest absolute Gasteiger partial charge is 0.220 e. The molecule has 2 heterocycles. The molecule has 19 heavy (non-hydrogen) atoms. The van der Waals surface area contributed by atoms with Crippen LogP contribution in [0.3, 0.4) is 0 Å². The Hall–Kier alpha value is -0.610. The van der Waals surface area contributed by atoms with Gasteiger partial charge in [0.2, 0.25) is 5.91 Å². The van der Waals surface area contributed by atoms with Crippen LogP contribution < -0.4 is 10.6 Å². The Kier molecular flexibility index (Phi) is 5.22. The van der Waals surface area contributed by atoms with E-state index in [9.17, 15) is 4.79 Å². The Morgan fingerprint density at radius 2 is 2.21 bits per heavy atom. The second-order valence-electron chi connectivity index (χ2n) is 6.60. The van der Waals surface area contributed by atoms with Crippen LogP contribution >= 0.6 is 0 Å². The second kappa shape index (κ2) is 6.71. The van der Waals surface area contributed by atoms with Crippen LogP contribution in [0.4, 0.5) is 0 Å². The highest BCUT2D eigenvalue weighted by Crippen LogP contribution is 2.25. The fourth-order valence-corrected chi connectivity index (χ4v) is 3.03. The van der Waals surface area contributed by atoms with Crippen molar-refractivity contribution in [3.63, 3.8) is 0 Å². The van der Waals surface area contributed by atoms with Gasteiger partial charge in [-0.1, -0.05) is 13.8 Å². The van der Waals surface area contributed by atoms with E-state index in [1.807, 2.05) is 0 Å². The van der Waals surface area contributed by atoms with Crippen molar-refractivity contribution in [2.45, 2.75) is 64.5 Å². The third kappa shape index (κ3) is 4.46. The number of hydrogen-bond acceptors (Lipinski definition) is 3. The highest BCUT2D eigenvalue weighted by molar-refractivity contribution is 5.76. The highest BCUT2D eigenvalue weighted by Gasteiger charge is 2.33. The van der Waals surface area contributed by atoms with Crippen LogP contribution in [0.5, 0.6) is 0 Å². The molecular weight excluding hydrogens is 240 g/mol. The Morgan fingerprint density at radius 3 is 2.89 bits per heavy atom. The molecule has 2 unspecified atom stereocenters. The summed E-state index contributed by atoms with van der Waals surface area (Å²) in [7, 11) is 0. The van der Waals surface area contributed by atoms with Crippen molar-refractivity contribution in [1.82, 2.24) is 10.6 Å². The molecule has 2 N–H and O–H groups in total. The molecule has 0 radical (unpaired) electrons. The van der Waals surface area contributed by atoms with Gasteiger partial charge in [0.1, 0.15) is 0 Å². The van der Waals surface area contributed by atoms with Crippen molar-refractivity contribution < 1.29 is 9.53 Å². The zero-order valence-electron chi connectivity index (χ0n) is 12.3. The van der Waals surface area contributed by atoms with Crippen molar-refractivity contribution in [3.8, 4) is 0 Å². The van der Waals surface area contributed by atoms with Crippen molar-refractivity contribution in [2.24, 2.45) is 5.41 Å². The quantitative estimate of drug-likeness (QED) is 0.818. The van der Waals surface area contributed by atoms with E-state index in [0.717, 1.165) is 39.0 Å². The summed E-state index contributed by atoms with van der Waals surface area (Å²) < 4.78 is 5.67. The first-order valence-corrected chi connectivity index (χ1v) is 7.69. The maximum absolute atomic E-state index is 12.1. The van der Waals surface area contributed by atoms with Gasteiger partial charge in [0.05, 0.1) is 6.10 Å². The summed E-state index contributed by atoms with van der Waals surface area (Å²) in [6.07, 6.45) is 6.34. The predicted octanol–water partition coefficient (Wildman–Crippen LogP) is 1.84. The van der Waals surface area contributed by atoms with E-state index in [2.05, 4.69) is 24.5 Å². The number of nitrogens with one attached hydrogen (secondary N) is 2. The molecule has 2 fully saturated rings. The molecule has 2 aliphatic rings. The van der Waals surface area contributed by atoms with Gasteiger partial charge < -0.3 is 15.4 Å². The zero-order valence-corrected chi connectivity index (χ0v) is 12.3. The molecule has 0 bridgehead atoms. The van der Waals surface area contributed by atoms with E-state index in [1.54, 1.807) is 0 Å². The Bertz CT molecular complexity index is 299. The summed E-state index contributed by atoms with van der Waals surface area (Å²) in [4.78, 5) is 12.1. The molecule has 0 aromatic rings. The molecule has 0 aromatic heterocycles. The van der Waals surface area contributed by atoms with Crippen LogP contribution in [-0.2, 0) is 9.53 Å². The number of amides is 1. The number of ether oxygens (including phenoxy) is 1. The molecule has 1 amide bonds. The van der Waals surface area contributed by atoms with Crippen LogP contribution in [0.25, 0.3) is 0 Å². The minimum Gasteiger partial charge on any atom is -0.378 e. The topological polar surface area (TPSA) is 50.4 Å². The van der Waals surface area contributed by atoms with E-state index in [0.29, 0.717) is 18.6 Å². The van der Waals surface area contributed by atoms with Crippen LogP contribution in [-0.4, -0.2) is 37.7 Å². The largest absolute Gasteiger partial charge is 0.378 e. The Morgan fingerprint density at radius 1 is 1.37 bits per heavy atom.